The monoisotopic (exact) mass is 350 g/mol. The largest absolute Gasteiger partial charge is 0.388 e. The molecule has 0 fully saturated rings. The Bertz CT molecular complexity index is 590. The van der Waals surface area contributed by atoms with E-state index in [0.717, 1.165) is 34.1 Å². The maximum absolute atomic E-state index is 10.5. The van der Waals surface area contributed by atoms with Gasteiger partial charge in [0.25, 0.3) is 0 Å². The van der Waals surface area contributed by atoms with Gasteiger partial charge in [0.2, 0.25) is 0 Å². The third kappa shape index (κ3) is 3.74. The van der Waals surface area contributed by atoms with Crippen molar-refractivity contribution in [1.29, 1.82) is 0 Å². The summed E-state index contributed by atoms with van der Waals surface area (Å²) in [5.41, 5.74) is 2.99. The minimum atomic E-state index is -0.538. The number of aliphatic hydroxyl groups is 1. The van der Waals surface area contributed by atoms with Crippen LogP contribution in [0.4, 0.5) is 0 Å². The van der Waals surface area contributed by atoms with Crippen molar-refractivity contribution in [3.05, 3.63) is 51.8 Å². The molecule has 0 aliphatic heterocycles. The molecule has 2 aromatic rings. The smallest absolute Gasteiger partial charge is 0.0857 e. The first kappa shape index (κ1) is 16.2. The second-order valence-corrected chi connectivity index (χ2v) is 6.25. The number of aryl methyl sites for hydroxylation is 1. The third-order valence-electron chi connectivity index (χ3n) is 3.96. The maximum Gasteiger partial charge on any atom is 0.0857 e. The Balaban J connectivity index is 2.13. The molecule has 1 aromatic heterocycles. The zero-order valence-electron chi connectivity index (χ0n) is 12.9. The Kier molecular flexibility index (Phi) is 5.59. The van der Waals surface area contributed by atoms with Crippen LogP contribution in [0.5, 0.6) is 0 Å². The lowest BCUT2D eigenvalue weighted by Gasteiger charge is -2.14. The molecule has 0 saturated heterocycles. The summed E-state index contributed by atoms with van der Waals surface area (Å²) in [4.78, 5) is 0. The molecule has 0 aliphatic rings. The first-order chi connectivity index (χ1) is 10.1. The highest BCUT2D eigenvalue weighted by atomic mass is 79.9. The predicted octanol–water partition coefficient (Wildman–Crippen LogP) is 4.59. The van der Waals surface area contributed by atoms with E-state index in [4.69, 9.17) is 0 Å². The van der Waals surface area contributed by atoms with E-state index >= 15 is 0 Å². The summed E-state index contributed by atoms with van der Waals surface area (Å²) in [6.45, 7) is 6.38. The second-order valence-electron chi connectivity index (χ2n) is 5.46. The van der Waals surface area contributed by atoms with Crippen molar-refractivity contribution in [3.8, 4) is 0 Å². The van der Waals surface area contributed by atoms with Crippen LogP contribution in [0.2, 0.25) is 0 Å². The fourth-order valence-corrected chi connectivity index (χ4v) is 3.12. The highest BCUT2D eigenvalue weighted by molar-refractivity contribution is 9.10. The molecule has 1 heterocycles. The van der Waals surface area contributed by atoms with E-state index in [1.165, 1.54) is 0 Å². The van der Waals surface area contributed by atoms with Crippen molar-refractivity contribution in [2.24, 2.45) is 0 Å². The summed E-state index contributed by atoms with van der Waals surface area (Å²) in [6, 6.07) is 8.41. The number of nitrogens with zero attached hydrogens (tertiary/aromatic N) is 2. The summed E-state index contributed by atoms with van der Waals surface area (Å²) in [5.74, 6) is 0. The standard InChI is InChI=1S/C17H23BrN2O/c1-4-14(5-2)20-10-9-13(19-20)11-16(21)15-8-6-7-12(3)17(15)18/h6-10,14,16,21H,4-5,11H2,1-3H3. The Morgan fingerprint density at radius 2 is 1.95 bits per heavy atom. The molecule has 21 heavy (non-hydrogen) atoms. The van der Waals surface area contributed by atoms with Crippen molar-refractivity contribution in [3.63, 3.8) is 0 Å². The number of hydrogen-bond acceptors (Lipinski definition) is 2. The average Bonchev–Trinajstić information content (AvgIpc) is 2.91. The molecule has 0 saturated carbocycles. The van der Waals surface area contributed by atoms with Crippen molar-refractivity contribution in [1.82, 2.24) is 9.78 Å². The molecular formula is C17H23BrN2O. The van der Waals surface area contributed by atoms with E-state index in [1.807, 2.05) is 42.1 Å². The van der Waals surface area contributed by atoms with Gasteiger partial charge in [-0.1, -0.05) is 48.0 Å². The molecule has 1 unspecified atom stereocenters. The lowest BCUT2D eigenvalue weighted by atomic mass is 10.0. The van der Waals surface area contributed by atoms with Crippen LogP contribution in [0, 0.1) is 6.92 Å². The first-order valence-electron chi connectivity index (χ1n) is 7.53. The molecular weight excluding hydrogens is 328 g/mol. The number of rotatable bonds is 6. The van der Waals surface area contributed by atoms with Gasteiger partial charge in [-0.05, 0) is 37.0 Å². The summed E-state index contributed by atoms with van der Waals surface area (Å²) < 4.78 is 3.00. The summed E-state index contributed by atoms with van der Waals surface area (Å²) in [5, 5.41) is 15.1. The summed E-state index contributed by atoms with van der Waals surface area (Å²) in [7, 11) is 0. The zero-order valence-corrected chi connectivity index (χ0v) is 14.5. The lowest BCUT2D eigenvalue weighted by Crippen LogP contribution is -2.09. The summed E-state index contributed by atoms with van der Waals surface area (Å²) in [6.07, 6.45) is 4.16. The fourth-order valence-electron chi connectivity index (χ4n) is 2.59. The van der Waals surface area contributed by atoms with Crippen LogP contribution in [-0.4, -0.2) is 14.9 Å². The minimum Gasteiger partial charge on any atom is -0.388 e. The van der Waals surface area contributed by atoms with Crippen LogP contribution in [0.1, 0.15) is 55.7 Å². The molecule has 1 aromatic carbocycles. The molecule has 0 radical (unpaired) electrons. The molecule has 114 valence electrons. The molecule has 2 rings (SSSR count). The van der Waals surface area contributed by atoms with E-state index in [0.29, 0.717) is 12.5 Å². The quantitative estimate of drug-likeness (QED) is 0.827. The van der Waals surface area contributed by atoms with Crippen molar-refractivity contribution in [2.75, 3.05) is 0 Å². The van der Waals surface area contributed by atoms with Gasteiger partial charge in [0.05, 0.1) is 17.8 Å². The molecule has 0 spiro atoms. The van der Waals surface area contributed by atoms with Crippen LogP contribution in [-0.2, 0) is 6.42 Å². The number of halogens is 1. The van der Waals surface area contributed by atoms with Gasteiger partial charge in [-0.3, -0.25) is 4.68 Å². The van der Waals surface area contributed by atoms with Gasteiger partial charge < -0.3 is 5.11 Å². The third-order valence-corrected chi connectivity index (χ3v) is 5.05. The lowest BCUT2D eigenvalue weighted by molar-refractivity contribution is 0.176. The number of benzene rings is 1. The van der Waals surface area contributed by atoms with Crippen molar-refractivity contribution < 1.29 is 5.11 Å². The van der Waals surface area contributed by atoms with Gasteiger partial charge in [-0.25, -0.2) is 0 Å². The Morgan fingerprint density at radius 1 is 1.24 bits per heavy atom. The molecule has 1 atom stereocenters. The van der Waals surface area contributed by atoms with Gasteiger partial charge in [0, 0.05) is 17.1 Å². The molecule has 0 aliphatic carbocycles. The van der Waals surface area contributed by atoms with E-state index in [9.17, 15) is 5.11 Å². The SMILES string of the molecule is CCC(CC)n1ccc(CC(O)c2cccc(C)c2Br)n1. The van der Waals surface area contributed by atoms with Crippen LogP contribution in [0.15, 0.2) is 34.9 Å². The molecule has 4 heteroatoms. The average molecular weight is 351 g/mol. The number of aliphatic hydroxyl groups excluding tert-OH is 1. The van der Waals surface area contributed by atoms with Gasteiger partial charge >= 0.3 is 0 Å². The Labute approximate surface area is 135 Å². The molecule has 0 bridgehead atoms. The maximum atomic E-state index is 10.5. The van der Waals surface area contributed by atoms with Gasteiger partial charge in [-0.2, -0.15) is 5.10 Å². The summed E-state index contributed by atoms with van der Waals surface area (Å²) >= 11 is 3.56. The predicted molar refractivity (Wildman–Crippen MR) is 89.4 cm³/mol. The van der Waals surface area contributed by atoms with Gasteiger partial charge in [0.1, 0.15) is 0 Å². The number of hydrogen-bond donors (Lipinski definition) is 1. The normalized spacial score (nSPS) is 12.9. The highest BCUT2D eigenvalue weighted by Gasteiger charge is 2.15. The van der Waals surface area contributed by atoms with Crippen LogP contribution >= 0.6 is 15.9 Å². The molecule has 1 N–H and O–H groups in total. The minimum absolute atomic E-state index is 0.446. The van der Waals surface area contributed by atoms with E-state index in [2.05, 4.69) is 34.9 Å². The fraction of sp³-hybridized carbons (Fsp3) is 0.471. The van der Waals surface area contributed by atoms with Crippen molar-refractivity contribution >= 4 is 15.9 Å². The van der Waals surface area contributed by atoms with Crippen LogP contribution < -0.4 is 0 Å². The molecule has 0 amide bonds. The van der Waals surface area contributed by atoms with Crippen LogP contribution in [0.25, 0.3) is 0 Å². The highest BCUT2D eigenvalue weighted by Crippen LogP contribution is 2.28. The van der Waals surface area contributed by atoms with E-state index < -0.39 is 6.10 Å². The zero-order chi connectivity index (χ0) is 15.4. The first-order valence-corrected chi connectivity index (χ1v) is 8.33. The molecule has 3 nitrogen and oxygen atoms in total. The van der Waals surface area contributed by atoms with E-state index in [1.54, 1.807) is 0 Å². The van der Waals surface area contributed by atoms with Crippen LogP contribution in [0.3, 0.4) is 0 Å². The topological polar surface area (TPSA) is 38.0 Å². The van der Waals surface area contributed by atoms with E-state index in [-0.39, 0.29) is 0 Å². The number of aromatic nitrogens is 2. The van der Waals surface area contributed by atoms with Gasteiger partial charge in [0.15, 0.2) is 0 Å². The Morgan fingerprint density at radius 3 is 2.62 bits per heavy atom. The Hall–Kier alpha value is -1.13. The van der Waals surface area contributed by atoms with Crippen molar-refractivity contribution in [2.45, 2.75) is 52.2 Å². The second kappa shape index (κ2) is 7.23. The van der Waals surface area contributed by atoms with Gasteiger partial charge in [-0.15, -0.1) is 0 Å².